The summed E-state index contributed by atoms with van der Waals surface area (Å²) >= 11 is 5.58. The third-order valence-electron chi connectivity index (χ3n) is 1.67. The Morgan fingerprint density at radius 1 is 1.64 bits per heavy atom. The predicted octanol–water partition coefficient (Wildman–Crippen LogP) is 2.94. The van der Waals surface area contributed by atoms with Crippen molar-refractivity contribution in [1.82, 2.24) is 0 Å². The van der Waals surface area contributed by atoms with Crippen LogP contribution in [0, 0.1) is 3.57 Å². The van der Waals surface area contributed by atoms with Gasteiger partial charge in [0.05, 0.1) is 0 Å². The second-order valence-electron chi connectivity index (χ2n) is 2.83. The maximum Gasteiger partial charge on any atom is 0.325 e. The van der Waals surface area contributed by atoms with Crippen LogP contribution < -0.4 is 5.32 Å². The average Bonchev–Trinajstić information content (AvgIpc) is 2.11. The van der Waals surface area contributed by atoms with Crippen LogP contribution in [0.5, 0.6) is 0 Å². The molecule has 0 aliphatic heterocycles. The van der Waals surface area contributed by atoms with Crippen molar-refractivity contribution in [2.45, 2.75) is 13.0 Å². The molecule has 1 aromatic carbocycles. The Morgan fingerprint density at radius 3 is 2.79 bits per heavy atom. The first-order chi connectivity index (χ1) is 6.50. The van der Waals surface area contributed by atoms with E-state index in [2.05, 4.69) is 43.8 Å². The van der Waals surface area contributed by atoms with Gasteiger partial charge in [-0.15, -0.1) is 0 Å². The maximum atomic E-state index is 10.6. The summed E-state index contributed by atoms with van der Waals surface area (Å²) in [5.41, 5.74) is 0.798. The van der Waals surface area contributed by atoms with Gasteiger partial charge in [-0.2, -0.15) is 0 Å². The lowest BCUT2D eigenvalue weighted by molar-refractivity contribution is -0.137. The van der Waals surface area contributed by atoms with Gasteiger partial charge in [0.15, 0.2) is 0 Å². The number of carboxylic acid groups (broad SMARTS) is 1. The van der Waals surface area contributed by atoms with Crippen LogP contribution in [0.25, 0.3) is 0 Å². The summed E-state index contributed by atoms with van der Waals surface area (Å²) in [4.78, 5) is 10.6. The monoisotopic (exact) mass is 369 g/mol. The molecule has 5 heteroatoms. The third kappa shape index (κ3) is 3.13. The summed E-state index contributed by atoms with van der Waals surface area (Å²) in [6, 6.07) is 5.05. The van der Waals surface area contributed by atoms with Crippen molar-refractivity contribution < 1.29 is 9.90 Å². The second-order valence-corrected chi connectivity index (χ2v) is 4.85. The molecule has 0 saturated carbocycles. The zero-order chi connectivity index (χ0) is 10.7. The highest BCUT2D eigenvalue weighted by molar-refractivity contribution is 14.1. The first kappa shape index (κ1) is 11.8. The van der Waals surface area contributed by atoms with Gasteiger partial charge >= 0.3 is 5.97 Å². The van der Waals surface area contributed by atoms with Crippen molar-refractivity contribution in [2.75, 3.05) is 5.32 Å². The standard InChI is InChI=1S/C9H9BrINO2/c1-5(9(13)14)12-6-2-3-8(11)7(10)4-6/h2-5,12H,1H3,(H,13,14). The van der Waals surface area contributed by atoms with Crippen LogP contribution in [0.15, 0.2) is 22.7 Å². The minimum absolute atomic E-state index is 0.582. The van der Waals surface area contributed by atoms with Gasteiger partial charge in [-0.3, -0.25) is 4.79 Å². The molecule has 1 unspecified atom stereocenters. The smallest absolute Gasteiger partial charge is 0.325 e. The first-order valence-electron chi connectivity index (χ1n) is 3.95. The number of nitrogens with one attached hydrogen (secondary N) is 1. The molecule has 0 bridgehead atoms. The molecule has 0 heterocycles. The fourth-order valence-electron chi connectivity index (χ4n) is 0.898. The predicted molar refractivity (Wildman–Crippen MR) is 67.6 cm³/mol. The fraction of sp³-hybridized carbons (Fsp3) is 0.222. The molecular weight excluding hydrogens is 361 g/mol. The van der Waals surface area contributed by atoms with Gasteiger partial charge in [-0.05, 0) is 63.6 Å². The van der Waals surface area contributed by atoms with Gasteiger partial charge in [0.2, 0.25) is 0 Å². The molecular formula is C9H9BrINO2. The minimum Gasteiger partial charge on any atom is -0.480 e. The summed E-state index contributed by atoms with van der Waals surface area (Å²) in [7, 11) is 0. The minimum atomic E-state index is -0.861. The zero-order valence-corrected chi connectivity index (χ0v) is 11.2. The van der Waals surface area contributed by atoms with Crippen molar-refractivity contribution in [3.05, 3.63) is 26.2 Å². The molecule has 1 aromatic rings. The van der Waals surface area contributed by atoms with Crippen molar-refractivity contribution in [1.29, 1.82) is 0 Å². The van der Waals surface area contributed by atoms with Crippen molar-refractivity contribution in [2.24, 2.45) is 0 Å². The molecule has 0 amide bonds. The van der Waals surface area contributed by atoms with Gasteiger partial charge in [0.25, 0.3) is 0 Å². The Labute approximate surface area is 104 Å². The molecule has 14 heavy (non-hydrogen) atoms. The van der Waals surface area contributed by atoms with E-state index in [0.29, 0.717) is 0 Å². The lowest BCUT2D eigenvalue weighted by Gasteiger charge is -2.11. The first-order valence-corrected chi connectivity index (χ1v) is 5.82. The highest BCUT2D eigenvalue weighted by atomic mass is 127. The van der Waals surface area contributed by atoms with Crippen molar-refractivity contribution >= 4 is 50.2 Å². The zero-order valence-electron chi connectivity index (χ0n) is 7.42. The lowest BCUT2D eigenvalue weighted by atomic mass is 10.3. The highest BCUT2D eigenvalue weighted by Crippen LogP contribution is 2.23. The van der Waals surface area contributed by atoms with E-state index in [1.807, 2.05) is 18.2 Å². The van der Waals surface area contributed by atoms with Crippen LogP contribution in [0.4, 0.5) is 5.69 Å². The van der Waals surface area contributed by atoms with Gasteiger partial charge < -0.3 is 10.4 Å². The Morgan fingerprint density at radius 2 is 2.29 bits per heavy atom. The largest absolute Gasteiger partial charge is 0.480 e. The summed E-state index contributed by atoms with van der Waals surface area (Å²) < 4.78 is 2.05. The number of rotatable bonds is 3. The van der Waals surface area contributed by atoms with Crippen molar-refractivity contribution in [3.63, 3.8) is 0 Å². The summed E-state index contributed by atoms with van der Waals surface area (Å²) in [5.74, 6) is -0.861. The van der Waals surface area contributed by atoms with Gasteiger partial charge in [-0.1, -0.05) is 0 Å². The van der Waals surface area contributed by atoms with Gasteiger partial charge in [-0.25, -0.2) is 0 Å². The Bertz CT molecular complexity index is 357. The van der Waals surface area contributed by atoms with Crippen LogP contribution in [0.1, 0.15) is 6.92 Å². The van der Waals surface area contributed by atoms with E-state index in [9.17, 15) is 4.79 Å². The molecule has 0 fully saturated rings. The number of anilines is 1. The molecule has 2 N–H and O–H groups in total. The summed E-state index contributed by atoms with van der Waals surface area (Å²) in [6.07, 6.45) is 0. The molecule has 0 aliphatic carbocycles. The molecule has 76 valence electrons. The Hall–Kier alpha value is -0.300. The van der Waals surface area contributed by atoms with E-state index in [-0.39, 0.29) is 0 Å². The van der Waals surface area contributed by atoms with E-state index in [1.54, 1.807) is 6.92 Å². The molecule has 0 saturated heterocycles. The Balaban J connectivity index is 2.78. The van der Waals surface area contributed by atoms with E-state index in [4.69, 9.17) is 5.11 Å². The second kappa shape index (κ2) is 4.97. The van der Waals surface area contributed by atoms with Crippen molar-refractivity contribution in [3.8, 4) is 0 Å². The molecule has 0 radical (unpaired) electrons. The van der Waals surface area contributed by atoms with E-state index >= 15 is 0 Å². The van der Waals surface area contributed by atoms with E-state index in [1.165, 1.54) is 0 Å². The van der Waals surface area contributed by atoms with Crippen LogP contribution in [-0.2, 0) is 4.79 Å². The van der Waals surface area contributed by atoms with E-state index < -0.39 is 12.0 Å². The number of benzene rings is 1. The topological polar surface area (TPSA) is 49.3 Å². The average molecular weight is 370 g/mol. The van der Waals surface area contributed by atoms with Crippen LogP contribution >= 0.6 is 38.5 Å². The third-order valence-corrected chi connectivity index (χ3v) is 4.01. The molecule has 0 spiro atoms. The Kier molecular flexibility index (Phi) is 4.18. The normalized spacial score (nSPS) is 12.2. The summed E-state index contributed by atoms with van der Waals surface area (Å²) in [6.45, 7) is 1.61. The van der Waals surface area contributed by atoms with E-state index in [0.717, 1.165) is 13.7 Å². The highest BCUT2D eigenvalue weighted by Gasteiger charge is 2.10. The number of carbonyl (C=O) groups is 1. The maximum absolute atomic E-state index is 10.6. The van der Waals surface area contributed by atoms with Crippen LogP contribution in [0.2, 0.25) is 0 Å². The molecule has 1 rings (SSSR count). The van der Waals surface area contributed by atoms with Crippen LogP contribution in [-0.4, -0.2) is 17.1 Å². The number of aliphatic carboxylic acids is 1. The number of carboxylic acids is 1. The number of halogens is 2. The molecule has 0 aliphatic rings. The number of hydrogen-bond acceptors (Lipinski definition) is 2. The lowest BCUT2D eigenvalue weighted by Crippen LogP contribution is -2.25. The SMILES string of the molecule is CC(Nc1ccc(I)c(Br)c1)C(=O)O. The van der Waals surface area contributed by atoms with Gasteiger partial charge in [0, 0.05) is 13.7 Å². The molecule has 1 atom stereocenters. The molecule has 3 nitrogen and oxygen atoms in total. The summed E-state index contributed by atoms with van der Waals surface area (Å²) in [5, 5.41) is 11.6. The fourth-order valence-corrected chi connectivity index (χ4v) is 1.61. The quantitative estimate of drug-likeness (QED) is 0.805. The molecule has 0 aromatic heterocycles. The van der Waals surface area contributed by atoms with Crippen LogP contribution in [0.3, 0.4) is 0 Å². The van der Waals surface area contributed by atoms with Gasteiger partial charge in [0.1, 0.15) is 6.04 Å². The number of hydrogen-bond donors (Lipinski definition) is 2.